The molecule has 0 aromatic rings. The van der Waals surface area contributed by atoms with Gasteiger partial charge in [-0.15, -0.1) is 6.58 Å². The Morgan fingerprint density at radius 1 is 1.53 bits per heavy atom. The summed E-state index contributed by atoms with van der Waals surface area (Å²) >= 11 is 16.3. The largest absolute Gasteiger partial charge is 0.359 e. The molecule has 0 rings (SSSR count). The Bertz CT molecular complexity index is 256. The molecule has 0 unspecified atom stereocenters. The topological polar surface area (TPSA) is 47.6 Å². The first-order valence-corrected chi connectivity index (χ1v) is 6.05. The van der Waals surface area contributed by atoms with Crippen molar-refractivity contribution in [1.29, 1.82) is 0 Å². The summed E-state index contributed by atoms with van der Waals surface area (Å²) in [6.45, 7) is 5.63. The van der Waals surface area contributed by atoms with Crippen LogP contribution in [0.25, 0.3) is 0 Å². The number of ether oxygens (including phenoxy) is 2. The average Bonchev–Trinajstić information content (AvgIpc) is 2.23. The molecule has 0 fully saturated rings. The monoisotopic (exact) mass is 303 g/mol. The zero-order valence-corrected chi connectivity index (χ0v) is 12.0. The van der Waals surface area contributed by atoms with Gasteiger partial charge in [-0.1, -0.05) is 40.9 Å². The smallest absolute Gasteiger partial charge is 0.272 e. The number of carbonyl (C=O) groups excluding carboxylic acids is 1. The molecule has 0 saturated heterocycles. The van der Waals surface area contributed by atoms with Crippen LogP contribution in [-0.2, 0) is 14.3 Å². The quantitative estimate of drug-likeness (QED) is 0.446. The summed E-state index contributed by atoms with van der Waals surface area (Å²) in [7, 11) is 1.53. The number of nitrogens with one attached hydrogen (secondary N) is 1. The summed E-state index contributed by atoms with van der Waals surface area (Å²) in [6.07, 6.45) is 1.95. The zero-order valence-electron chi connectivity index (χ0n) is 9.71. The van der Waals surface area contributed by atoms with Crippen molar-refractivity contribution in [2.24, 2.45) is 0 Å². The normalized spacial score (nSPS) is 15.1. The van der Waals surface area contributed by atoms with E-state index in [1.807, 2.05) is 6.92 Å². The molecule has 7 heteroatoms. The molecule has 2 atom stereocenters. The van der Waals surface area contributed by atoms with Crippen molar-refractivity contribution in [1.82, 2.24) is 5.32 Å². The van der Waals surface area contributed by atoms with Crippen molar-refractivity contribution < 1.29 is 14.3 Å². The minimum Gasteiger partial charge on any atom is -0.359 e. The minimum absolute atomic E-state index is 0.117. The molecule has 0 aliphatic carbocycles. The van der Waals surface area contributed by atoms with Crippen LogP contribution in [0.3, 0.4) is 0 Å². The Hall–Kier alpha value is -0.000000000000000111. The van der Waals surface area contributed by atoms with E-state index >= 15 is 0 Å². The molecule has 0 aliphatic heterocycles. The maximum absolute atomic E-state index is 11.4. The van der Waals surface area contributed by atoms with Gasteiger partial charge in [0.1, 0.15) is 6.79 Å². The van der Waals surface area contributed by atoms with Crippen LogP contribution in [-0.4, -0.2) is 35.7 Å². The van der Waals surface area contributed by atoms with Crippen molar-refractivity contribution in [3.05, 3.63) is 12.7 Å². The third-order valence-corrected chi connectivity index (χ3v) is 2.43. The fraction of sp³-hybridized carbons (Fsp3) is 0.700. The first-order valence-electron chi connectivity index (χ1n) is 4.92. The molecule has 0 spiro atoms. The summed E-state index contributed by atoms with van der Waals surface area (Å²) < 4.78 is 8.06. The standard InChI is InChI=1S/C10H16Cl3NO3/c1-4-8(5-7(2)17-6-16-3)14-9(15)10(11,12)13/h4,7-8H,1,5-6H2,2-3H3,(H,14,15)/t7-,8-/m1/s1. The second kappa shape index (κ2) is 8.16. The van der Waals surface area contributed by atoms with Crippen LogP contribution in [0.5, 0.6) is 0 Å². The maximum atomic E-state index is 11.4. The van der Waals surface area contributed by atoms with E-state index in [1.165, 1.54) is 7.11 Å². The molecule has 0 heterocycles. The van der Waals surface area contributed by atoms with Crippen LogP contribution in [0.2, 0.25) is 0 Å². The lowest BCUT2D eigenvalue weighted by Crippen LogP contribution is -2.42. The highest BCUT2D eigenvalue weighted by atomic mass is 35.6. The summed E-state index contributed by atoms with van der Waals surface area (Å²) in [5.41, 5.74) is 0. The molecule has 1 N–H and O–H groups in total. The summed E-state index contributed by atoms with van der Waals surface area (Å²) in [5.74, 6) is -0.689. The van der Waals surface area contributed by atoms with Crippen molar-refractivity contribution >= 4 is 40.7 Å². The number of halogens is 3. The van der Waals surface area contributed by atoms with Crippen molar-refractivity contribution in [3.63, 3.8) is 0 Å². The van der Waals surface area contributed by atoms with E-state index in [-0.39, 0.29) is 18.9 Å². The molecule has 0 radical (unpaired) electrons. The van der Waals surface area contributed by atoms with Gasteiger partial charge in [0, 0.05) is 13.2 Å². The van der Waals surface area contributed by atoms with Gasteiger partial charge in [0.25, 0.3) is 9.70 Å². The number of hydrogen-bond acceptors (Lipinski definition) is 3. The van der Waals surface area contributed by atoms with Crippen molar-refractivity contribution in [3.8, 4) is 0 Å². The Labute approximate surface area is 116 Å². The van der Waals surface area contributed by atoms with E-state index in [1.54, 1.807) is 6.08 Å². The molecular weight excluding hydrogens is 288 g/mol. The van der Waals surface area contributed by atoms with Crippen molar-refractivity contribution in [2.75, 3.05) is 13.9 Å². The van der Waals surface area contributed by atoms with Gasteiger partial charge in [-0.2, -0.15) is 0 Å². The molecule has 17 heavy (non-hydrogen) atoms. The van der Waals surface area contributed by atoms with Crippen LogP contribution in [0.4, 0.5) is 0 Å². The Morgan fingerprint density at radius 2 is 2.12 bits per heavy atom. The number of amides is 1. The third-order valence-electron chi connectivity index (χ3n) is 1.91. The summed E-state index contributed by atoms with van der Waals surface area (Å²) in [5, 5.41) is 2.54. The maximum Gasteiger partial charge on any atom is 0.272 e. The van der Waals surface area contributed by atoms with E-state index in [2.05, 4.69) is 11.9 Å². The lowest BCUT2D eigenvalue weighted by molar-refractivity contribution is -0.121. The molecular formula is C10H16Cl3NO3. The Balaban J connectivity index is 4.16. The van der Waals surface area contributed by atoms with Gasteiger partial charge < -0.3 is 14.8 Å². The van der Waals surface area contributed by atoms with Gasteiger partial charge in [-0.3, -0.25) is 4.79 Å². The molecule has 0 aromatic heterocycles. The van der Waals surface area contributed by atoms with E-state index < -0.39 is 9.70 Å². The lowest BCUT2D eigenvalue weighted by Gasteiger charge is -2.21. The second-order valence-corrected chi connectivity index (χ2v) is 5.71. The first kappa shape index (κ1) is 17.0. The number of alkyl halides is 3. The molecule has 0 bridgehead atoms. The Kier molecular flexibility index (Phi) is 8.16. The molecule has 0 aliphatic rings. The molecule has 100 valence electrons. The van der Waals surface area contributed by atoms with E-state index in [0.29, 0.717) is 6.42 Å². The van der Waals surface area contributed by atoms with Crippen LogP contribution in [0, 0.1) is 0 Å². The third kappa shape index (κ3) is 7.84. The number of rotatable bonds is 7. The predicted octanol–water partition coefficient (Wildman–Crippen LogP) is 2.43. The highest BCUT2D eigenvalue weighted by Gasteiger charge is 2.31. The van der Waals surface area contributed by atoms with Crippen molar-refractivity contribution in [2.45, 2.75) is 29.3 Å². The number of hydrogen-bond donors (Lipinski definition) is 1. The minimum atomic E-state index is -1.97. The fourth-order valence-corrected chi connectivity index (χ4v) is 1.24. The van der Waals surface area contributed by atoms with Gasteiger partial charge in [-0.05, 0) is 13.3 Å². The predicted molar refractivity (Wildman–Crippen MR) is 69.5 cm³/mol. The van der Waals surface area contributed by atoms with Crippen LogP contribution in [0.1, 0.15) is 13.3 Å². The average molecular weight is 305 g/mol. The second-order valence-electron chi connectivity index (χ2n) is 3.43. The van der Waals surface area contributed by atoms with E-state index in [4.69, 9.17) is 44.3 Å². The van der Waals surface area contributed by atoms with Crippen LogP contribution >= 0.6 is 34.8 Å². The Morgan fingerprint density at radius 3 is 2.53 bits per heavy atom. The molecule has 0 saturated carbocycles. The molecule has 0 aromatic carbocycles. The SMILES string of the molecule is C=C[C@H](C[C@@H](C)OCOC)NC(=O)C(Cl)(Cl)Cl. The summed E-state index contributed by atoms with van der Waals surface area (Å²) in [4.78, 5) is 11.4. The number of methoxy groups -OCH3 is 1. The van der Waals surface area contributed by atoms with Gasteiger partial charge >= 0.3 is 0 Å². The zero-order chi connectivity index (χ0) is 13.5. The lowest BCUT2D eigenvalue weighted by atomic mass is 10.1. The summed E-state index contributed by atoms with van der Waals surface area (Å²) in [6, 6.07) is -0.329. The highest BCUT2D eigenvalue weighted by molar-refractivity contribution is 6.76. The van der Waals surface area contributed by atoms with E-state index in [9.17, 15) is 4.79 Å². The molecule has 1 amide bonds. The van der Waals surface area contributed by atoms with Crippen LogP contribution < -0.4 is 5.32 Å². The van der Waals surface area contributed by atoms with Gasteiger partial charge in [0.05, 0.1) is 6.10 Å². The molecule has 4 nitrogen and oxygen atoms in total. The van der Waals surface area contributed by atoms with Gasteiger partial charge in [0.15, 0.2) is 0 Å². The van der Waals surface area contributed by atoms with Gasteiger partial charge in [-0.25, -0.2) is 0 Å². The fourth-order valence-electron chi connectivity index (χ4n) is 1.07. The number of carbonyl (C=O) groups is 1. The van der Waals surface area contributed by atoms with Gasteiger partial charge in [0.2, 0.25) is 0 Å². The van der Waals surface area contributed by atoms with Crippen LogP contribution in [0.15, 0.2) is 12.7 Å². The highest BCUT2D eigenvalue weighted by Crippen LogP contribution is 2.26. The van der Waals surface area contributed by atoms with E-state index in [0.717, 1.165) is 0 Å². The first-order chi connectivity index (χ1) is 7.81.